The van der Waals surface area contributed by atoms with Crippen LogP contribution in [0.5, 0.6) is 0 Å². The third kappa shape index (κ3) is 7.97. The van der Waals surface area contributed by atoms with Crippen LogP contribution in [0.25, 0.3) is 0 Å². The summed E-state index contributed by atoms with van der Waals surface area (Å²) in [5.74, 6) is -2.55. The highest BCUT2D eigenvalue weighted by Gasteiger charge is 2.28. The van der Waals surface area contributed by atoms with E-state index in [0.717, 1.165) is 18.4 Å². The van der Waals surface area contributed by atoms with Crippen molar-refractivity contribution >= 4 is 0 Å². The second-order valence-electron chi connectivity index (χ2n) is 5.39. The Labute approximate surface area is 116 Å². The minimum absolute atomic E-state index is 0.0235. The lowest BCUT2D eigenvalue weighted by Gasteiger charge is -2.16. The minimum atomic E-state index is -2.55. The van der Waals surface area contributed by atoms with E-state index in [9.17, 15) is 8.78 Å². The van der Waals surface area contributed by atoms with Crippen LogP contribution in [0, 0.1) is 0 Å². The van der Waals surface area contributed by atoms with Crippen molar-refractivity contribution in [2.24, 2.45) is 0 Å². The molecule has 1 rings (SSSR count). The van der Waals surface area contributed by atoms with Crippen LogP contribution >= 0.6 is 0 Å². The Bertz CT molecular complexity index is 319. The molecule has 1 aromatic carbocycles. The van der Waals surface area contributed by atoms with Crippen LogP contribution in [0.3, 0.4) is 0 Å². The van der Waals surface area contributed by atoms with Crippen molar-refractivity contribution < 1.29 is 8.78 Å². The van der Waals surface area contributed by atoms with Gasteiger partial charge in [0.05, 0.1) is 0 Å². The molecule has 0 aliphatic rings. The average molecular weight is 268 g/mol. The summed E-state index contributed by atoms with van der Waals surface area (Å²) in [6.45, 7) is 2.18. The van der Waals surface area contributed by atoms with Crippen molar-refractivity contribution in [3.8, 4) is 0 Å². The lowest BCUT2D eigenvalue weighted by molar-refractivity contribution is -0.00950. The maximum absolute atomic E-state index is 13.7. The van der Waals surface area contributed by atoms with Crippen LogP contribution in [0.2, 0.25) is 0 Å². The quantitative estimate of drug-likeness (QED) is 0.456. The zero-order valence-electron chi connectivity index (χ0n) is 12.0. The summed E-state index contributed by atoms with van der Waals surface area (Å²) in [6.07, 6.45) is 7.52. The van der Waals surface area contributed by atoms with E-state index < -0.39 is 5.92 Å². The Morgan fingerprint density at radius 2 is 1.42 bits per heavy atom. The molecule has 0 N–H and O–H groups in total. The van der Waals surface area contributed by atoms with Gasteiger partial charge < -0.3 is 0 Å². The summed E-state index contributed by atoms with van der Waals surface area (Å²) in [4.78, 5) is 0. The van der Waals surface area contributed by atoms with Crippen molar-refractivity contribution in [2.45, 2.75) is 70.6 Å². The number of hydrogen-bond donors (Lipinski definition) is 0. The van der Waals surface area contributed by atoms with Crippen LogP contribution in [0.15, 0.2) is 30.3 Å². The van der Waals surface area contributed by atoms with Gasteiger partial charge in [-0.3, -0.25) is 0 Å². The zero-order valence-corrected chi connectivity index (χ0v) is 12.0. The van der Waals surface area contributed by atoms with E-state index in [-0.39, 0.29) is 12.8 Å². The summed E-state index contributed by atoms with van der Waals surface area (Å²) in [7, 11) is 0. The predicted molar refractivity (Wildman–Crippen MR) is 77.7 cm³/mol. The summed E-state index contributed by atoms with van der Waals surface area (Å²) in [5, 5.41) is 0. The SMILES string of the molecule is CCCCCCCCCC(F)(F)Cc1ccccc1. The first kappa shape index (κ1) is 16.1. The smallest absolute Gasteiger partial charge is 0.207 e. The Morgan fingerprint density at radius 1 is 0.842 bits per heavy atom. The van der Waals surface area contributed by atoms with Gasteiger partial charge in [-0.2, -0.15) is 0 Å². The first-order valence-corrected chi connectivity index (χ1v) is 7.56. The maximum Gasteiger partial charge on any atom is 0.252 e. The molecule has 0 spiro atoms. The first-order chi connectivity index (χ1) is 9.14. The molecule has 0 aliphatic heterocycles. The lowest BCUT2D eigenvalue weighted by Crippen LogP contribution is -2.19. The maximum atomic E-state index is 13.7. The summed E-state index contributed by atoms with van der Waals surface area (Å²) in [6, 6.07) is 9.05. The summed E-state index contributed by atoms with van der Waals surface area (Å²) in [5.41, 5.74) is 0.732. The largest absolute Gasteiger partial charge is 0.252 e. The van der Waals surface area contributed by atoms with Crippen molar-refractivity contribution in [1.29, 1.82) is 0 Å². The van der Waals surface area contributed by atoms with Gasteiger partial charge in [0, 0.05) is 12.8 Å². The minimum Gasteiger partial charge on any atom is -0.207 e. The second kappa shape index (κ2) is 9.06. The van der Waals surface area contributed by atoms with Gasteiger partial charge in [-0.15, -0.1) is 0 Å². The molecule has 0 aromatic heterocycles. The Hall–Kier alpha value is -0.920. The van der Waals surface area contributed by atoms with E-state index in [2.05, 4.69) is 6.92 Å². The van der Waals surface area contributed by atoms with Crippen LogP contribution in [-0.2, 0) is 6.42 Å². The van der Waals surface area contributed by atoms with Crippen LogP contribution < -0.4 is 0 Å². The molecule has 0 amide bonds. The molecule has 0 bridgehead atoms. The number of benzene rings is 1. The van der Waals surface area contributed by atoms with Gasteiger partial charge in [-0.05, 0) is 12.0 Å². The number of halogens is 2. The number of alkyl halides is 2. The predicted octanol–water partition coefficient (Wildman–Crippen LogP) is 6.01. The molecule has 0 atom stereocenters. The molecule has 0 unspecified atom stereocenters. The van der Waals surface area contributed by atoms with Gasteiger partial charge in [0.1, 0.15) is 0 Å². The second-order valence-corrected chi connectivity index (χ2v) is 5.39. The fourth-order valence-electron chi connectivity index (χ4n) is 2.32. The zero-order chi connectivity index (χ0) is 14.0. The van der Waals surface area contributed by atoms with E-state index in [4.69, 9.17) is 0 Å². The number of unbranched alkanes of at least 4 members (excludes halogenated alkanes) is 6. The molecule has 0 saturated heterocycles. The molecule has 2 heteroatoms. The van der Waals surface area contributed by atoms with Crippen LogP contribution in [-0.4, -0.2) is 5.92 Å². The third-order valence-electron chi connectivity index (χ3n) is 3.45. The molecule has 19 heavy (non-hydrogen) atoms. The van der Waals surface area contributed by atoms with Crippen molar-refractivity contribution in [3.05, 3.63) is 35.9 Å². The van der Waals surface area contributed by atoms with E-state index in [0.29, 0.717) is 6.42 Å². The van der Waals surface area contributed by atoms with Gasteiger partial charge in [0.2, 0.25) is 0 Å². The lowest BCUT2D eigenvalue weighted by atomic mass is 10.0. The number of rotatable bonds is 10. The molecule has 0 radical (unpaired) electrons. The molecule has 108 valence electrons. The Morgan fingerprint density at radius 3 is 2.05 bits per heavy atom. The van der Waals surface area contributed by atoms with E-state index in [1.54, 1.807) is 12.1 Å². The highest BCUT2D eigenvalue weighted by Crippen LogP contribution is 2.26. The van der Waals surface area contributed by atoms with E-state index in [1.807, 2.05) is 18.2 Å². The molecule has 0 heterocycles. The molecule has 0 aliphatic carbocycles. The fraction of sp³-hybridized carbons (Fsp3) is 0.647. The third-order valence-corrected chi connectivity index (χ3v) is 3.45. The number of hydrogen-bond acceptors (Lipinski definition) is 0. The average Bonchev–Trinajstić information content (AvgIpc) is 2.38. The fourth-order valence-corrected chi connectivity index (χ4v) is 2.32. The Balaban J connectivity index is 2.13. The van der Waals surface area contributed by atoms with E-state index in [1.165, 1.54) is 25.7 Å². The van der Waals surface area contributed by atoms with Crippen LogP contribution in [0.4, 0.5) is 8.78 Å². The Kier molecular flexibility index (Phi) is 7.69. The first-order valence-electron chi connectivity index (χ1n) is 7.56. The highest BCUT2D eigenvalue weighted by molar-refractivity contribution is 5.16. The van der Waals surface area contributed by atoms with Crippen molar-refractivity contribution in [3.63, 3.8) is 0 Å². The van der Waals surface area contributed by atoms with E-state index >= 15 is 0 Å². The van der Waals surface area contributed by atoms with Crippen LogP contribution in [0.1, 0.15) is 63.9 Å². The molecule has 0 saturated carbocycles. The monoisotopic (exact) mass is 268 g/mol. The van der Waals surface area contributed by atoms with Gasteiger partial charge >= 0.3 is 0 Å². The molecule has 1 aromatic rings. The topological polar surface area (TPSA) is 0 Å². The highest BCUT2D eigenvalue weighted by atomic mass is 19.3. The molecule has 0 nitrogen and oxygen atoms in total. The van der Waals surface area contributed by atoms with Crippen molar-refractivity contribution in [2.75, 3.05) is 0 Å². The van der Waals surface area contributed by atoms with Gasteiger partial charge in [0.15, 0.2) is 0 Å². The van der Waals surface area contributed by atoms with Gasteiger partial charge in [-0.1, -0.05) is 75.8 Å². The normalized spacial score (nSPS) is 11.7. The van der Waals surface area contributed by atoms with Gasteiger partial charge in [-0.25, -0.2) is 8.78 Å². The molecule has 0 fully saturated rings. The standard InChI is InChI=1S/C17H26F2/c1-2-3-4-5-6-7-11-14-17(18,19)15-16-12-9-8-10-13-16/h8-10,12-13H,2-7,11,14-15H2,1H3. The summed E-state index contributed by atoms with van der Waals surface area (Å²) >= 11 is 0. The van der Waals surface area contributed by atoms with Crippen molar-refractivity contribution in [1.82, 2.24) is 0 Å². The van der Waals surface area contributed by atoms with Gasteiger partial charge in [0.25, 0.3) is 5.92 Å². The summed E-state index contributed by atoms with van der Waals surface area (Å²) < 4.78 is 27.5. The molecular weight excluding hydrogens is 242 g/mol. The molecular formula is C17H26F2.